The van der Waals surface area contributed by atoms with E-state index < -0.39 is 0 Å². The number of likely N-dealkylation sites (N-methyl/N-ethyl adjacent to an activating group) is 1. The summed E-state index contributed by atoms with van der Waals surface area (Å²) >= 11 is 0. The van der Waals surface area contributed by atoms with Crippen LogP contribution in [0.15, 0.2) is 35.0 Å². The van der Waals surface area contributed by atoms with Gasteiger partial charge in [-0.15, -0.1) is 0 Å². The van der Waals surface area contributed by atoms with Crippen LogP contribution in [0, 0.1) is 5.41 Å². The molecule has 0 saturated heterocycles. The Morgan fingerprint density at radius 1 is 1.37 bits per heavy atom. The van der Waals surface area contributed by atoms with Crippen molar-refractivity contribution < 1.29 is 24.3 Å². The number of hydrogen-bond acceptors (Lipinski definition) is 5. The van der Waals surface area contributed by atoms with Gasteiger partial charge >= 0.3 is 0 Å². The highest BCUT2D eigenvalue weighted by Crippen LogP contribution is 2.47. The number of quaternary nitrogens is 1. The van der Waals surface area contributed by atoms with Gasteiger partial charge in [0.05, 0.1) is 32.0 Å². The average molecular weight is 416 g/mol. The zero-order valence-electron chi connectivity index (χ0n) is 19.0. The molecule has 2 aliphatic heterocycles. The summed E-state index contributed by atoms with van der Waals surface area (Å²) in [5, 5.41) is 13.3. The number of allylic oxidation sites excluding steroid dienone is 4. The minimum Gasteiger partial charge on any atom is -0.492 e. The summed E-state index contributed by atoms with van der Waals surface area (Å²) in [7, 11) is 3.85. The van der Waals surface area contributed by atoms with Crippen molar-refractivity contribution in [2.24, 2.45) is 10.6 Å². The smallest absolute Gasteiger partial charge is 0.231 e. The van der Waals surface area contributed by atoms with Crippen molar-refractivity contribution in [3.05, 3.63) is 41.0 Å². The largest absolute Gasteiger partial charge is 0.492 e. The molecular weight excluding hydrogens is 380 g/mol. The second-order valence-electron chi connectivity index (χ2n) is 9.22. The number of benzene rings is 1. The van der Waals surface area contributed by atoms with Crippen LogP contribution in [0.4, 0.5) is 0 Å². The topological polar surface area (TPSA) is 64.7 Å². The van der Waals surface area contributed by atoms with Crippen LogP contribution in [0.2, 0.25) is 0 Å². The van der Waals surface area contributed by atoms with E-state index in [0.717, 1.165) is 36.4 Å². The van der Waals surface area contributed by atoms with Crippen molar-refractivity contribution in [1.82, 2.24) is 0 Å². The third kappa shape index (κ3) is 4.81. The van der Waals surface area contributed by atoms with Gasteiger partial charge in [-0.1, -0.05) is 36.7 Å². The minimum atomic E-state index is -0.0138. The van der Waals surface area contributed by atoms with Crippen LogP contribution in [0.1, 0.15) is 57.7 Å². The predicted octanol–water partition coefficient (Wildman–Crippen LogP) is 3.69. The molecule has 0 fully saturated rings. The molecule has 0 spiro atoms. The SMILES string of the molecule is COc1c2c(cc3c1[C@@H](CC(/C=C/C(C)(C)CC=C(C)C)=NO)[NH+](C)CC3)OCO2. The van der Waals surface area contributed by atoms with Gasteiger partial charge in [-0.2, -0.15) is 0 Å². The van der Waals surface area contributed by atoms with Crippen LogP contribution in [0.5, 0.6) is 17.2 Å². The van der Waals surface area contributed by atoms with E-state index in [1.807, 2.05) is 6.08 Å². The summed E-state index contributed by atoms with van der Waals surface area (Å²) in [6, 6.07) is 2.18. The lowest BCUT2D eigenvalue weighted by atomic mass is 9.86. The van der Waals surface area contributed by atoms with E-state index >= 15 is 0 Å². The number of methoxy groups -OCH3 is 1. The van der Waals surface area contributed by atoms with Crippen LogP contribution in [0.3, 0.4) is 0 Å². The minimum absolute atomic E-state index is 0.0138. The molecule has 2 atom stereocenters. The second kappa shape index (κ2) is 9.13. The van der Waals surface area contributed by atoms with Crippen molar-refractivity contribution in [2.75, 3.05) is 27.5 Å². The fourth-order valence-corrected chi connectivity index (χ4v) is 4.11. The number of ether oxygens (including phenoxy) is 3. The standard InChI is InChI=1S/C24H34N2O4/c1-16(2)7-10-24(3,4)11-8-18(25-27)14-19-21-17(9-12-26(19)5)13-20-22(23(21)28-6)30-15-29-20/h7-8,11,13,19,27H,9-10,12,14-15H2,1-6H3/p+1/b11-8+,25-18?/t19-/m1/s1. The summed E-state index contributed by atoms with van der Waals surface area (Å²) in [5.41, 5.74) is 4.31. The van der Waals surface area contributed by atoms with Gasteiger partial charge in [-0.05, 0) is 43.4 Å². The lowest BCUT2D eigenvalue weighted by Crippen LogP contribution is -3.10. The van der Waals surface area contributed by atoms with Crippen molar-refractivity contribution in [1.29, 1.82) is 0 Å². The van der Waals surface area contributed by atoms with Gasteiger partial charge in [0.1, 0.15) is 6.04 Å². The molecule has 1 aromatic carbocycles. The van der Waals surface area contributed by atoms with E-state index in [2.05, 4.69) is 58.1 Å². The maximum Gasteiger partial charge on any atom is 0.231 e. The molecular formula is C24H35N2O4+. The van der Waals surface area contributed by atoms with Gasteiger partial charge in [0.25, 0.3) is 0 Å². The van der Waals surface area contributed by atoms with Crippen LogP contribution < -0.4 is 19.1 Å². The van der Waals surface area contributed by atoms with Crippen LogP contribution in [-0.4, -0.2) is 38.4 Å². The lowest BCUT2D eigenvalue weighted by molar-refractivity contribution is -0.913. The van der Waals surface area contributed by atoms with Gasteiger partial charge in [0, 0.05) is 12.8 Å². The first-order valence-electron chi connectivity index (χ1n) is 10.6. The van der Waals surface area contributed by atoms with E-state index in [1.165, 1.54) is 16.0 Å². The molecule has 2 aliphatic rings. The monoisotopic (exact) mass is 415 g/mol. The molecule has 30 heavy (non-hydrogen) atoms. The number of nitrogens with one attached hydrogen (secondary N) is 1. The quantitative estimate of drug-likeness (QED) is 0.309. The molecule has 1 unspecified atom stereocenters. The van der Waals surface area contributed by atoms with Gasteiger partial charge < -0.3 is 24.3 Å². The Balaban J connectivity index is 1.88. The summed E-state index contributed by atoms with van der Waals surface area (Å²) in [5.74, 6) is 2.17. The Morgan fingerprint density at radius 2 is 2.13 bits per heavy atom. The van der Waals surface area contributed by atoms with Crippen LogP contribution in [0.25, 0.3) is 0 Å². The Labute approximate surface area is 179 Å². The highest BCUT2D eigenvalue weighted by molar-refractivity contribution is 5.95. The van der Waals surface area contributed by atoms with Crippen molar-refractivity contribution in [2.45, 2.75) is 53.0 Å². The maximum absolute atomic E-state index is 9.73. The predicted molar refractivity (Wildman–Crippen MR) is 118 cm³/mol. The zero-order valence-corrected chi connectivity index (χ0v) is 19.0. The molecule has 1 aromatic rings. The zero-order chi connectivity index (χ0) is 21.9. The molecule has 2 heterocycles. The number of fused-ring (bicyclic) bond motifs is 2. The first-order chi connectivity index (χ1) is 14.3. The Hall–Kier alpha value is -2.47. The summed E-state index contributed by atoms with van der Waals surface area (Å²) in [6.45, 7) is 9.81. The third-order valence-electron chi connectivity index (χ3n) is 5.98. The Bertz CT molecular complexity index is 866. The van der Waals surface area contributed by atoms with E-state index in [0.29, 0.717) is 17.9 Å². The van der Waals surface area contributed by atoms with E-state index in [9.17, 15) is 5.21 Å². The maximum atomic E-state index is 9.73. The summed E-state index contributed by atoms with van der Waals surface area (Å²) in [4.78, 5) is 1.36. The molecule has 6 heteroatoms. The average Bonchev–Trinajstić information content (AvgIpc) is 3.17. The van der Waals surface area contributed by atoms with Crippen LogP contribution in [-0.2, 0) is 6.42 Å². The number of hydrogen-bond donors (Lipinski definition) is 2. The normalized spacial score (nSPS) is 20.9. The Kier molecular flexibility index (Phi) is 6.76. The molecule has 6 nitrogen and oxygen atoms in total. The van der Waals surface area contributed by atoms with Crippen molar-refractivity contribution in [3.63, 3.8) is 0 Å². The number of oxime groups is 1. The first kappa shape index (κ1) is 22.2. The highest BCUT2D eigenvalue weighted by atomic mass is 16.7. The van der Waals surface area contributed by atoms with Gasteiger partial charge in [0.15, 0.2) is 11.5 Å². The number of rotatable bonds is 7. The van der Waals surface area contributed by atoms with Gasteiger partial charge in [-0.25, -0.2) is 0 Å². The van der Waals surface area contributed by atoms with Gasteiger partial charge in [0.2, 0.25) is 12.5 Å². The van der Waals surface area contributed by atoms with E-state index in [-0.39, 0.29) is 18.2 Å². The molecule has 164 valence electrons. The Morgan fingerprint density at radius 3 is 2.80 bits per heavy atom. The second-order valence-corrected chi connectivity index (χ2v) is 9.22. The molecule has 0 saturated carbocycles. The lowest BCUT2D eigenvalue weighted by Gasteiger charge is -2.33. The summed E-state index contributed by atoms with van der Waals surface area (Å²) in [6.07, 6.45) is 8.84. The number of nitrogens with zero attached hydrogens (tertiary/aromatic N) is 1. The molecule has 0 bridgehead atoms. The van der Waals surface area contributed by atoms with E-state index in [1.54, 1.807) is 7.11 Å². The van der Waals surface area contributed by atoms with Crippen molar-refractivity contribution >= 4 is 5.71 Å². The fraction of sp³-hybridized carbons (Fsp3) is 0.542. The first-order valence-corrected chi connectivity index (χ1v) is 10.6. The highest BCUT2D eigenvalue weighted by Gasteiger charge is 2.37. The third-order valence-corrected chi connectivity index (χ3v) is 5.98. The molecule has 2 N–H and O–H groups in total. The summed E-state index contributed by atoms with van der Waals surface area (Å²) < 4.78 is 17.1. The molecule has 0 aliphatic carbocycles. The van der Waals surface area contributed by atoms with Crippen LogP contribution >= 0.6 is 0 Å². The molecule has 0 amide bonds. The van der Waals surface area contributed by atoms with E-state index in [4.69, 9.17) is 14.2 Å². The molecule has 3 rings (SSSR count). The molecule has 0 aromatic heterocycles. The van der Waals surface area contributed by atoms with Crippen molar-refractivity contribution in [3.8, 4) is 17.2 Å². The molecule has 0 radical (unpaired) electrons. The fourth-order valence-electron chi connectivity index (χ4n) is 4.11. The van der Waals surface area contributed by atoms with Gasteiger partial charge in [-0.3, -0.25) is 0 Å².